The van der Waals surface area contributed by atoms with Gasteiger partial charge in [0.25, 0.3) is 0 Å². The highest BCUT2D eigenvalue weighted by Gasteiger charge is 2.08. The summed E-state index contributed by atoms with van der Waals surface area (Å²) >= 11 is 1.21. The molecule has 0 spiro atoms. The van der Waals surface area contributed by atoms with Gasteiger partial charge in [-0.15, -0.1) is 0 Å². The first-order chi connectivity index (χ1) is 11.2. The van der Waals surface area contributed by atoms with Gasteiger partial charge in [-0.2, -0.15) is 0 Å². The second kappa shape index (κ2) is 6.79. The van der Waals surface area contributed by atoms with E-state index in [4.69, 9.17) is 0 Å². The maximum absolute atomic E-state index is 12.1. The van der Waals surface area contributed by atoms with Crippen LogP contribution in [0, 0.1) is 0 Å². The van der Waals surface area contributed by atoms with Crippen LogP contribution in [0.25, 0.3) is 10.2 Å². The lowest BCUT2D eigenvalue weighted by molar-refractivity contribution is -0.116. The molecule has 1 aromatic heterocycles. The van der Waals surface area contributed by atoms with E-state index in [1.807, 2.05) is 55.5 Å². The van der Waals surface area contributed by atoms with Crippen molar-refractivity contribution in [3.05, 3.63) is 63.8 Å². The van der Waals surface area contributed by atoms with Crippen molar-refractivity contribution in [2.75, 3.05) is 5.32 Å². The van der Waals surface area contributed by atoms with Gasteiger partial charge in [0.15, 0.2) is 0 Å². The topological polar surface area (TPSA) is 51.1 Å². The van der Waals surface area contributed by atoms with Gasteiger partial charge in [-0.1, -0.05) is 41.7 Å². The predicted octanol–water partition coefficient (Wildman–Crippen LogP) is 3.65. The van der Waals surface area contributed by atoms with E-state index >= 15 is 0 Å². The number of aryl methyl sites for hydroxylation is 2. The molecule has 0 fully saturated rings. The molecule has 0 aliphatic heterocycles. The highest BCUT2D eigenvalue weighted by atomic mass is 32.1. The van der Waals surface area contributed by atoms with E-state index < -0.39 is 0 Å². The normalized spacial score (nSPS) is 10.8. The number of hydrogen-bond donors (Lipinski definition) is 1. The number of thiazole rings is 1. The molecule has 23 heavy (non-hydrogen) atoms. The minimum atomic E-state index is -0.0181. The minimum Gasteiger partial charge on any atom is -0.326 e. The lowest BCUT2D eigenvalue weighted by Gasteiger charge is -2.06. The van der Waals surface area contributed by atoms with Crippen molar-refractivity contribution in [2.45, 2.75) is 26.3 Å². The molecule has 0 atom stereocenters. The summed E-state index contributed by atoms with van der Waals surface area (Å²) in [6.45, 7) is 2.61. The van der Waals surface area contributed by atoms with E-state index in [0.29, 0.717) is 19.4 Å². The van der Waals surface area contributed by atoms with E-state index in [9.17, 15) is 9.59 Å². The predicted molar refractivity (Wildman–Crippen MR) is 95.2 cm³/mol. The third-order valence-corrected chi connectivity index (χ3v) is 4.69. The van der Waals surface area contributed by atoms with Crippen LogP contribution >= 0.6 is 11.3 Å². The zero-order valence-corrected chi connectivity index (χ0v) is 13.7. The molecular weight excluding hydrogens is 308 g/mol. The summed E-state index contributed by atoms with van der Waals surface area (Å²) in [5.41, 5.74) is 2.81. The largest absolute Gasteiger partial charge is 0.326 e. The number of carbonyl (C=O) groups excluding carboxylic acids is 1. The van der Waals surface area contributed by atoms with E-state index in [1.54, 1.807) is 4.57 Å². The SMILES string of the molecule is CCn1c(=O)sc2cc(NC(=O)CCc3ccccc3)ccc21. The van der Waals surface area contributed by atoms with Gasteiger partial charge in [-0.25, -0.2) is 0 Å². The highest BCUT2D eigenvalue weighted by Crippen LogP contribution is 2.22. The number of hydrogen-bond acceptors (Lipinski definition) is 3. The van der Waals surface area contributed by atoms with E-state index in [-0.39, 0.29) is 10.8 Å². The molecule has 1 heterocycles. The molecule has 118 valence electrons. The third-order valence-electron chi connectivity index (χ3n) is 3.75. The minimum absolute atomic E-state index is 0.0181. The fourth-order valence-corrected chi connectivity index (χ4v) is 3.56. The second-order valence-corrected chi connectivity index (χ2v) is 6.32. The summed E-state index contributed by atoms with van der Waals surface area (Å²) in [5.74, 6) is -0.0181. The molecule has 3 aromatic rings. The van der Waals surface area contributed by atoms with Crippen molar-refractivity contribution in [2.24, 2.45) is 0 Å². The third kappa shape index (κ3) is 3.51. The number of nitrogens with zero attached hydrogens (tertiary/aromatic N) is 1. The molecule has 1 N–H and O–H groups in total. The van der Waals surface area contributed by atoms with Gasteiger partial charge in [-0.3, -0.25) is 14.2 Å². The van der Waals surface area contributed by atoms with Crippen LogP contribution in [0.3, 0.4) is 0 Å². The first-order valence-corrected chi connectivity index (χ1v) is 8.46. The Balaban J connectivity index is 1.69. The number of rotatable bonds is 5. The van der Waals surface area contributed by atoms with Crippen LogP contribution in [-0.2, 0) is 17.8 Å². The maximum atomic E-state index is 12.1. The Morgan fingerprint density at radius 3 is 2.70 bits per heavy atom. The average Bonchev–Trinajstić information content (AvgIpc) is 2.88. The van der Waals surface area contributed by atoms with Gasteiger partial charge in [0.2, 0.25) is 5.91 Å². The summed E-state index contributed by atoms with van der Waals surface area (Å²) < 4.78 is 2.64. The van der Waals surface area contributed by atoms with Crippen LogP contribution in [0.15, 0.2) is 53.3 Å². The van der Waals surface area contributed by atoms with Gasteiger partial charge in [0.1, 0.15) is 0 Å². The van der Waals surface area contributed by atoms with Crippen molar-refractivity contribution < 1.29 is 4.79 Å². The molecule has 2 aromatic carbocycles. The number of anilines is 1. The standard InChI is InChI=1S/C18H18N2O2S/c1-2-20-15-10-9-14(12-16(15)23-18(20)22)19-17(21)11-8-13-6-4-3-5-7-13/h3-7,9-10,12H,2,8,11H2,1H3,(H,19,21). The Labute approximate surface area is 138 Å². The average molecular weight is 326 g/mol. The fraction of sp³-hybridized carbons (Fsp3) is 0.222. The van der Waals surface area contributed by atoms with Crippen molar-refractivity contribution in [1.82, 2.24) is 4.57 Å². The van der Waals surface area contributed by atoms with Crippen LogP contribution in [0.4, 0.5) is 5.69 Å². The van der Waals surface area contributed by atoms with Gasteiger partial charge in [0.05, 0.1) is 10.2 Å². The van der Waals surface area contributed by atoms with Gasteiger partial charge in [0, 0.05) is 18.7 Å². The number of aromatic nitrogens is 1. The van der Waals surface area contributed by atoms with E-state index in [1.165, 1.54) is 11.3 Å². The Morgan fingerprint density at radius 2 is 1.96 bits per heavy atom. The van der Waals surface area contributed by atoms with Crippen LogP contribution in [0.2, 0.25) is 0 Å². The summed E-state index contributed by atoms with van der Waals surface area (Å²) in [6.07, 6.45) is 1.16. The highest BCUT2D eigenvalue weighted by molar-refractivity contribution is 7.16. The Kier molecular flexibility index (Phi) is 4.57. The smallest absolute Gasteiger partial charge is 0.308 e. The van der Waals surface area contributed by atoms with Gasteiger partial charge < -0.3 is 5.32 Å². The Morgan fingerprint density at radius 1 is 1.17 bits per heavy atom. The molecule has 0 radical (unpaired) electrons. The molecule has 1 amide bonds. The molecule has 0 aliphatic rings. The first kappa shape index (κ1) is 15.5. The number of fused-ring (bicyclic) bond motifs is 1. The molecule has 0 bridgehead atoms. The zero-order valence-electron chi connectivity index (χ0n) is 12.9. The van der Waals surface area contributed by atoms with Crippen molar-refractivity contribution in [1.29, 1.82) is 0 Å². The van der Waals surface area contributed by atoms with Crippen LogP contribution in [0.1, 0.15) is 18.9 Å². The zero-order chi connectivity index (χ0) is 16.2. The van der Waals surface area contributed by atoms with E-state index in [2.05, 4.69) is 5.32 Å². The molecule has 0 aliphatic carbocycles. The lowest BCUT2D eigenvalue weighted by atomic mass is 10.1. The van der Waals surface area contributed by atoms with Gasteiger partial charge in [-0.05, 0) is 37.1 Å². The lowest BCUT2D eigenvalue weighted by Crippen LogP contribution is -2.12. The summed E-state index contributed by atoms with van der Waals surface area (Å²) in [7, 11) is 0. The summed E-state index contributed by atoms with van der Waals surface area (Å²) in [5, 5.41) is 2.91. The monoisotopic (exact) mass is 326 g/mol. The number of amides is 1. The molecule has 5 heteroatoms. The number of carbonyl (C=O) groups is 1. The Hall–Kier alpha value is -2.40. The summed E-state index contributed by atoms with van der Waals surface area (Å²) in [4.78, 5) is 24.0. The number of nitrogens with one attached hydrogen (secondary N) is 1. The second-order valence-electron chi connectivity index (χ2n) is 5.33. The summed E-state index contributed by atoms with van der Waals surface area (Å²) in [6, 6.07) is 15.6. The van der Waals surface area contributed by atoms with Crippen LogP contribution < -0.4 is 10.2 Å². The van der Waals surface area contributed by atoms with Crippen LogP contribution in [0.5, 0.6) is 0 Å². The first-order valence-electron chi connectivity index (χ1n) is 7.64. The van der Waals surface area contributed by atoms with Crippen molar-refractivity contribution >= 4 is 33.1 Å². The van der Waals surface area contributed by atoms with Crippen LogP contribution in [-0.4, -0.2) is 10.5 Å². The number of benzene rings is 2. The Bertz CT molecular complexity index is 881. The van der Waals surface area contributed by atoms with Crippen molar-refractivity contribution in [3.63, 3.8) is 0 Å². The molecular formula is C18H18N2O2S. The molecule has 3 rings (SSSR count). The molecule has 0 unspecified atom stereocenters. The molecule has 4 nitrogen and oxygen atoms in total. The van der Waals surface area contributed by atoms with E-state index in [0.717, 1.165) is 21.5 Å². The fourth-order valence-electron chi connectivity index (χ4n) is 2.57. The maximum Gasteiger partial charge on any atom is 0.308 e. The van der Waals surface area contributed by atoms with Gasteiger partial charge >= 0.3 is 4.87 Å². The quantitative estimate of drug-likeness (QED) is 0.778. The molecule has 0 saturated heterocycles. The molecule has 0 saturated carbocycles. The van der Waals surface area contributed by atoms with Crippen molar-refractivity contribution in [3.8, 4) is 0 Å².